The third-order valence-corrected chi connectivity index (χ3v) is 4.58. The molecule has 0 aliphatic heterocycles. The molecule has 0 bridgehead atoms. The highest BCUT2D eigenvalue weighted by Crippen LogP contribution is 2.31. The summed E-state index contributed by atoms with van der Waals surface area (Å²) in [5, 5.41) is 0. The van der Waals surface area contributed by atoms with Crippen LogP contribution >= 0.6 is 0 Å². The Bertz CT molecular complexity index is 360. The quantitative estimate of drug-likeness (QED) is 0.819. The standard InChI is InChI=1S/C17H27NO/c1-19-17-11-8-14(9-12-17)7-10-15-5-3-2-4-6-16(15)13-18/h8-9,11-12,15-16H,2-7,10,13,18H2,1H3. The van der Waals surface area contributed by atoms with Crippen LogP contribution in [0.5, 0.6) is 5.75 Å². The third kappa shape index (κ3) is 4.24. The summed E-state index contributed by atoms with van der Waals surface area (Å²) >= 11 is 0. The van der Waals surface area contributed by atoms with E-state index in [0.29, 0.717) is 0 Å². The molecule has 0 radical (unpaired) electrons. The second-order valence-corrected chi connectivity index (χ2v) is 5.78. The van der Waals surface area contributed by atoms with Gasteiger partial charge in [0.15, 0.2) is 0 Å². The first-order valence-electron chi connectivity index (χ1n) is 7.66. The van der Waals surface area contributed by atoms with E-state index >= 15 is 0 Å². The van der Waals surface area contributed by atoms with Crippen LogP contribution < -0.4 is 10.5 Å². The van der Waals surface area contributed by atoms with Crippen molar-refractivity contribution in [2.45, 2.75) is 44.9 Å². The summed E-state index contributed by atoms with van der Waals surface area (Å²) in [5.74, 6) is 2.52. The van der Waals surface area contributed by atoms with Crippen molar-refractivity contribution in [3.63, 3.8) is 0 Å². The van der Waals surface area contributed by atoms with Crippen molar-refractivity contribution in [3.8, 4) is 5.75 Å². The van der Waals surface area contributed by atoms with Gasteiger partial charge in [0.2, 0.25) is 0 Å². The summed E-state index contributed by atoms with van der Waals surface area (Å²) in [4.78, 5) is 0. The Morgan fingerprint density at radius 1 is 1.05 bits per heavy atom. The van der Waals surface area contributed by atoms with E-state index in [1.165, 1.54) is 50.5 Å². The molecule has 1 aliphatic carbocycles. The second-order valence-electron chi connectivity index (χ2n) is 5.78. The van der Waals surface area contributed by atoms with Crippen molar-refractivity contribution < 1.29 is 4.74 Å². The van der Waals surface area contributed by atoms with E-state index in [1.807, 2.05) is 0 Å². The van der Waals surface area contributed by atoms with Gasteiger partial charge in [0, 0.05) is 0 Å². The molecule has 1 fully saturated rings. The first-order chi connectivity index (χ1) is 9.33. The molecule has 2 N–H and O–H groups in total. The summed E-state index contributed by atoms with van der Waals surface area (Å²) in [7, 11) is 1.71. The van der Waals surface area contributed by atoms with Gasteiger partial charge >= 0.3 is 0 Å². The van der Waals surface area contributed by atoms with Gasteiger partial charge in [0.25, 0.3) is 0 Å². The summed E-state index contributed by atoms with van der Waals surface area (Å²) in [6, 6.07) is 8.49. The van der Waals surface area contributed by atoms with Crippen LogP contribution in [0.25, 0.3) is 0 Å². The van der Waals surface area contributed by atoms with Crippen molar-refractivity contribution in [2.24, 2.45) is 17.6 Å². The van der Waals surface area contributed by atoms with Gasteiger partial charge in [-0.25, -0.2) is 0 Å². The highest BCUT2D eigenvalue weighted by atomic mass is 16.5. The van der Waals surface area contributed by atoms with Crippen LogP contribution in [0.15, 0.2) is 24.3 Å². The Kier molecular flexibility index (Phi) is 5.71. The Balaban J connectivity index is 1.88. The van der Waals surface area contributed by atoms with Crippen molar-refractivity contribution in [2.75, 3.05) is 13.7 Å². The molecule has 19 heavy (non-hydrogen) atoms. The molecule has 1 saturated carbocycles. The molecule has 2 nitrogen and oxygen atoms in total. The Labute approximate surface area is 117 Å². The first kappa shape index (κ1) is 14.4. The van der Waals surface area contributed by atoms with Crippen LogP contribution in [0, 0.1) is 11.8 Å². The molecular weight excluding hydrogens is 234 g/mol. The lowest BCUT2D eigenvalue weighted by molar-refractivity contribution is 0.301. The number of hydrogen-bond acceptors (Lipinski definition) is 2. The first-order valence-corrected chi connectivity index (χ1v) is 7.66. The molecule has 2 unspecified atom stereocenters. The van der Waals surface area contributed by atoms with Crippen molar-refractivity contribution >= 4 is 0 Å². The minimum absolute atomic E-state index is 0.751. The van der Waals surface area contributed by atoms with Crippen LogP contribution in [0.2, 0.25) is 0 Å². The van der Waals surface area contributed by atoms with E-state index < -0.39 is 0 Å². The second kappa shape index (κ2) is 7.54. The van der Waals surface area contributed by atoms with E-state index in [-0.39, 0.29) is 0 Å². The molecule has 0 amide bonds. The lowest BCUT2D eigenvalue weighted by atomic mass is 9.83. The lowest BCUT2D eigenvalue weighted by Crippen LogP contribution is -2.23. The average molecular weight is 261 g/mol. The van der Waals surface area contributed by atoms with E-state index in [1.54, 1.807) is 7.11 Å². The molecule has 2 heteroatoms. The molecule has 1 aliphatic rings. The Morgan fingerprint density at radius 3 is 2.37 bits per heavy atom. The van der Waals surface area contributed by atoms with Gasteiger partial charge in [0.1, 0.15) is 5.75 Å². The highest BCUT2D eigenvalue weighted by molar-refractivity contribution is 5.27. The van der Waals surface area contributed by atoms with E-state index in [0.717, 1.165) is 24.1 Å². The van der Waals surface area contributed by atoms with Gasteiger partial charge in [-0.2, -0.15) is 0 Å². The van der Waals surface area contributed by atoms with Crippen LogP contribution in [0.1, 0.15) is 44.1 Å². The summed E-state index contributed by atoms with van der Waals surface area (Å²) in [6.07, 6.45) is 9.33. The minimum Gasteiger partial charge on any atom is -0.497 e. The van der Waals surface area contributed by atoms with Crippen molar-refractivity contribution in [1.29, 1.82) is 0 Å². The van der Waals surface area contributed by atoms with Crippen LogP contribution in [-0.4, -0.2) is 13.7 Å². The van der Waals surface area contributed by atoms with Gasteiger partial charge in [-0.3, -0.25) is 0 Å². The normalized spacial score (nSPS) is 23.9. The molecule has 2 atom stereocenters. The SMILES string of the molecule is COc1ccc(CCC2CCCCCC2CN)cc1. The van der Waals surface area contributed by atoms with Crippen LogP contribution in [0.3, 0.4) is 0 Å². The molecule has 1 aromatic carbocycles. The number of aryl methyl sites for hydroxylation is 1. The summed E-state index contributed by atoms with van der Waals surface area (Å²) in [5.41, 5.74) is 7.37. The maximum atomic E-state index is 5.95. The van der Waals surface area contributed by atoms with Gasteiger partial charge in [0.05, 0.1) is 7.11 Å². The zero-order valence-electron chi connectivity index (χ0n) is 12.1. The predicted molar refractivity (Wildman–Crippen MR) is 80.4 cm³/mol. The largest absolute Gasteiger partial charge is 0.497 e. The topological polar surface area (TPSA) is 35.2 Å². The van der Waals surface area contributed by atoms with Crippen molar-refractivity contribution in [1.82, 2.24) is 0 Å². The minimum atomic E-state index is 0.751. The molecule has 1 aromatic rings. The van der Waals surface area contributed by atoms with E-state index in [2.05, 4.69) is 24.3 Å². The Hall–Kier alpha value is -1.02. The smallest absolute Gasteiger partial charge is 0.118 e. The number of rotatable bonds is 5. The summed E-state index contributed by atoms with van der Waals surface area (Å²) < 4.78 is 5.20. The van der Waals surface area contributed by atoms with E-state index in [4.69, 9.17) is 10.5 Å². The summed E-state index contributed by atoms with van der Waals surface area (Å²) in [6.45, 7) is 0.868. The van der Waals surface area contributed by atoms with Crippen LogP contribution in [0.4, 0.5) is 0 Å². The van der Waals surface area contributed by atoms with E-state index in [9.17, 15) is 0 Å². The zero-order valence-corrected chi connectivity index (χ0v) is 12.1. The molecule has 106 valence electrons. The maximum absolute atomic E-state index is 5.95. The fraction of sp³-hybridized carbons (Fsp3) is 0.647. The number of methoxy groups -OCH3 is 1. The Morgan fingerprint density at radius 2 is 1.74 bits per heavy atom. The van der Waals surface area contributed by atoms with Gasteiger partial charge < -0.3 is 10.5 Å². The number of nitrogens with two attached hydrogens (primary N) is 1. The van der Waals surface area contributed by atoms with Crippen LogP contribution in [-0.2, 0) is 6.42 Å². The maximum Gasteiger partial charge on any atom is 0.118 e. The molecule has 2 rings (SSSR count). The number of benzene rings is 1. The lowest BCUT2D eigenvalue weighted by Gasteiger charge is -2.23. The van der Waals surface area contributed by atoms with Gasteiger partial charge in [-0.1, -0.05) is 37.8 Å². The number of hydrogen-bond donors (Lipinski definition) is 1. The fourth-order valence-corrected chi connectivity index (χ4v) is 3.30. The molecule has 0 aromatic heterocycles. The molecule has 0 heterocycles. The predicted octanol–water partition coefficient (Wildman–Crippen LogP) is 3.78. The molecule has 0 saturated heterocycles. The zero-order chi connectivity index (χ0) is 13.5. The van der Waals surface area contributed by atoms with Crippen molar-refractivity contribution in [3.05, 3.63) is 29.8 Å². The van der Waals surface area contributed by atoms with Gasteiger partial charge in [-0.15, -0.1) is 0 Å². The third-order valence-electron chi connectivity index (χ3n) is 4.58. The van der Waals surface area contributed by atoms with Gasteiger partial charge in [-0.05, 0) is 55.3 Å². The average Bonchev–Trinajstić information content (AvgIpc) is 2.70. The highest BCUT2D eigenvalue weighted by Gasteiger charge is 2.22. The fourth-order valence-electron chi connectivity index (χ4n) is 3.30. The monoisotopic (exact) mass is 261 g/mol. The number of ether oxygens (including phenoxy) is 1. The molecular formula is C17H27NO. The molecule has 0 spiro atoms.